The molecule has 0 atom stereocenters. The fourth-order valence-electron chi connectivity index (χ4n) is 2.74. The molecule has 3 aromatic rings. The third-order valence-electron chi connectivity index (χ3n) is 4.24. The quantitative estimate of drug-likeness (QED) is 0.537. The minimum Gasteiger partial charge on any atom is -0.416 e. The summed E-state index contributed by atoms with van der Waals surface area (Å²) in [7, 11) is 0. The molecule has 2 heterocycles. The van der Waals surface area contributed by atoms with Crippen LogP contribution in [0.15, 0.2) is 49.7 Å². The maximum Gasteiger partial charge on any atom is 0.328 e. The van der Waals surface area contributed by atoms with E-state index in [1.807, 2.05) is 32.0 Å². The molecule has 0 aliphatic rings. The zero-order valence-electron chi connectivity index (χ0n) is 16.1. The number of carbonyl (C=O) groups is 1. The summed E-state index contributed by atoms with van der Waals surface area (Å²) in [4.78, 5) is 37.2. The Hall–Kier alpha value is -3.14. The highest BCUT2D eigenvalue weighted by Crippen LogP contribution is 2.22. The van der Waals surface area contributed by atoms with Crippen LogP contribution in [0.3, 0.4) is 0 Å². The molecule has 0 spiro atoms. The summed E-state index contributed by atoms with van der Waals surface area (Å²) >= 11 is 1.15. The molecule has 0 bridgehead atoms. The number of nitrogens with one attached hydrogen (secondary N) is 2. The van der Waals surface area contributed by atoms with Crippen LogP contribution in [0.1, 0.15) is 23.9 Å². The second-order valence-electron chi connectivity index (χ2n) is 6.31. The first kappa shape index (κ1) is 20.6. The third-order valence-corrected chi connectivity index (χ3v) is 5.06. The second-order valence-corrected chi connectivity index (χ2v) is 7.24. The van der Waals surface area contributed by atoms with E-state index in [1.54, 1.807) is 0 Å². The number of nitrogens with zero attached hydrogens (tertiary/aromatic N) is 3. The van der Waals surface area contributed by atoms with Crippen LogP contribution in [-0.4, -0.2) is 31.4 Å². The molecule has 152 valence electrons. The number of benzene rings is 1. The number of hydrogen-bond acceptors (Lipinski definition) is 7. The zero-order valence-corrected chi connectivity index (χ0v) is 16.9. The molecular formula is C19H21N5O4S. The van der Waals surface area contributed by atoms with E-state index in [-0.39, 0.29) is 23.4 Å². The van der Waals surface area contributed by atoms with Gasteiger partial charge in [-0.3, -0.25) is 14.6 Å². The van der Waals surface area contributed by atoms with E-state index in [9.17, 15) is 14.4 Å². The number of carbonyl (C=O) groups excluding carboxylic acids is 1. The smallest absolute Gasteiger partial charge is 0.328 e. The van der Waals surface area contributed by atoms with Gasteiger partial charge >= 0.3 is 5.69 Å². The van der Waals surface area contributed by atoms with E-state index in [1.165, 1.54) is 16.8 Å². The van der Waals surface area contributed by atoms with Gasteiger partial charge in [0.15, 0.2) is 0 Å². The van der Waals surface area contributed by atoms with Crippen molar-refractivity contribution in [3.63, 3.8) is 0 Å². The van der Waals surface area contributed by atoms with Crippen molar-refractivity contribution in [3.8, 4) is 0 Å². The largest absolute Gasteiger partial charge is 0.416 e. The van der Waals surface area contributed by atoms with Crippen molar-refractivity contribution in [1.82, 2.24) is 19.7 Å². The minimum atomic E-state index is -0.495. The molecule has 2 N–H and O–H groups in total. The summed E-state index contributed by atoms with van der Waals surface area (Å²) in [6, 6.07) is 7.20. The van der Waals surface area contributed by atoms with Crippen LogP contribution in [0, 0.1) is 6.92 Å². The maximum absolute atomic E-state index is 12.3. The van der Waals surface area contributed by atoms with Gasteiger partial charge < -0.3 is 14.3 Å². The molecule has 10 heteroatoms. The fourth-order valence-corrected chi connectivity index (χ4v) is 3.32. The summed E-state index contributed by atoms with van der Waals surface area (Å²) in [6.45, 7) is 4.29. The van der Waals surface area contributed by atoms with E-state index >= 15 is 0 Å². The van der Waals surface area contributed by atoms with Gasteiger partial charge in [-0.05, 0) is 24.5 Å². The Morgan fingerprint density at radius 1 is 1.28 bits per heavy atom. The Kier molecular flexibility index (Phi) is 6.65. The van der Waals surface area contributed by atoms with Crippen molar-refractivity contribution >= 4 is 23.4 Å². The lowest BCUT2D eigenvalue weighted by atomic mass is 10.1. The minimum absolute atomic E-state index is 0.137. The molecule has 9 nitrogen and oxygen atoms in total. The number of rotatable bonds is 8. The first-order valence-corrected chi connectivity index (χ1v) is 10.1. The molecule has 0 fully saturated rings. The molecule has 1 aromatic carbocycles. The molecule has 29 heavy (non-hydrogen) atoms. The van der Waals surface area contributed by atoms with E-state index in [0.29, 0.717) is 12.3 Å². The number of para-hydroxylation sites is 1. The van der Waals surface area contributed by atoms with Gasteiger partial charge in [0.1, 0.15) is 0 Å². The van der Waals surface area contributed by atoms with Gasteiger partial charge in [-0.15, -0.1) is 10.2 Å². The monoisotopic (exact) mass is 415 g/mol. The molecule has 0 aliphatic carbocycles. The Morgan fingerprint density at radius 2 is 2.10 bits per heavy atom. The lowest BCUT2D eigenvalue weighted by molar-refractivity contribution is -0.113. The Balaban J connectivity index is 1.53. The predicted octanol–water partition coefficient (Wildman–Crippen LogP) is 1.76. The van der Waals surface area contributed by atoms with E-state index < -0.39 is 11.2 Å². The van der Waals surface area contributed by atoms with Gasteiger partial charge in [-0.2, -0.15) is 0 Å². The topological polar surface area (TPSA) is 123 Å². The lowest BCUT2D eigenvalue weighted by Crippen LogP contribution is -2.29. The van der Waals surface area contributed by atoms with Crippen molar-refractivity contribution < 1.29 is 9.21 Å². The van der Waals surface area contributed by atoms with Crippen LogP contribution >= 0.6 is 11.8 Å². The van der Waals surface area contributed by atoms with Crippen molar-refractivity contribution in [3.05, 3.63) is 68.3 Å². The second kappa shape index (κ2) is 9.37. The first-order valence-electron chi connectivity index (χ1n) is 9.09. The van der Waals surface area contributed by atoms with Crippen LogP contribution in [0.5, 0.6) is 0 Å². The molecular weight excluding hydrogens is 394 g/mol. The van der Waals surface area contributed by atoms with Crippen LogP contribution < -0.4 is 16.6 Å². The zero-order chi connectivity index (χ0) is 20.8. The van der Waals surface area contributed by atoms with Gasteiger partial charge in [0.05, 0.1) is 5.75 Å². The molecule has 0 radical (unpaired) electrons. The van der Waals surface area contributed by atoms with Crippen LogP contribution in [0.4, 0.5) is 5.69 Å². The summed E-state index contributed by atoms with van der Waals surface area (Å²) in [5.74, 6) is 0.329. The van der Waals surface area contributed by atoms with Crippen molar-refractivity contribution in [2.24, 2.45) is 0 Å². The molecule has 0 saturated heterocycles. The summed E-state index contributed by atoms with van der Waals surface area (Å²) < 4.78 is 6.86. The third kappa shape index (κ3) is 5.44. The van der Waals surface area contributed by atoms with Crippen LogP contribution in [-0.2, 0) is 24.2 Å². The number of aromatic amines is 1. The standard InChI is InChI=1S/C19H21N5O4S/c1-3-13-6-4-5-12(2)17(13)20-15(26)11-29-19-23-22-16(28-19)8-10-24-9-7-14(25)21-18(24)27/h4-7,9H,3,8,10-11H2,1-2H3,(H,20,26)(H,21,25,27). The average molecular weight is 415 g/mol. The number of amides is 1. The van der Waals surface area contributed by atoms with E-state index in [0.717, 1.165) is 35.0 Å². The summed E-state index contributed by atoms with van der Waals surface area (Å²) in [5, 5.41) is 11.1. The molecule has 0 unspecified atom stereocenters. The first-order chi connectivity index (χ1) is 14.0. The molecule has 1 amide bonds. The number of aryl methyl sites for hydroxylation is 4. The van der Waals surface area contributed by atoms with Gasteiger partial charge in [0.2, 0.25) is 11.8 Å². The number of anilines is 1. The SMILES string of the molecule is CCc1cccc(C)c1NC(=O)CSc1nnc(CCn2ccc(=O)[nH]c2=O)o1. The molecule has 0 saturated carbocycles. The van der Waals surface area contributed by atoms with Gasteiger partial charge in [-0.1, -0.05) is 36.9 Å². The van der Waals surface area contributed by atoms with E-state index in [4.69, 9.17) is 4.42 Å². The van der Waals surface area contributed by atoms with Gasteiger partial charge in [-0.25, -0.2) is 4.79 Å². The number of aromatic nitrogens is 4. The number of hydrogen-bond donors (Lipinski definition) is 2. The maximum atomic E-state index is 12.3. The molecule has 0 aliphatic heterocycles. The Labute approximate surface area is 170 Å². The predicted molar refractivity (Wildman–Crippen MR) is 109 cm³/mol. The fraction of sp³-hybridized carbons (Fsp3) is 0.316. The van der Waals surface area contributed by atoms with Gasteiger partial charge in [0.25, 0.3) is 10.8 Å². The number of H-pyrrole nitrogens is 1. The van der Waals surface area contributed by atoms with Gasteiger partial charge in [0, 0.05) is 30.9 Å². The highest BCUT2D eigenvalue weighted by Gasteiger charge is 2.12. The van der Waals surface area contributed by atoms with Crippen molar-refractivity contribution in [2.75, 3.05) is 11.1 Å². The Morgan fingerprint density at radius 3 is 2.86 bits per heavy atom. The summed E-state index contributed by atoms with van der Waals surface area (Å²) in [5.41, 5.74) is 2.00. The van der Waals surface area contributed by atoms with Crippen LogP contribution in [0.25, 0.3) is 0 Å². The molecule has 3 rings (SSSR count). The van der Waals surface area contributed by atoms with E-state index in [2.05, 4.69) is 20.5 Å². The highest BCUT2D eigenvalue weighted by atomic mass is 32.2. The number of thioether (sulfide) groups is 1. The van der Waals surface area contributed by atoms with Crippen molar-refractivity contribution in [2.45, 2.75) is 38.5 Å². The normalized spacial score (nSPS) is 10.8. The Bertz CT molecular complexity index is 1120. The van der Waals surface area contributed by atoms with Crippen molar-refractivity contribution in [1.29, 1.82) is 0 Å². The lowest BCUT2D eigenvalue weighted by Gasteiger charge is -2.12. The molecule has 2 aromatic heterocycles. The highest BCUT2D eigenvalue weighted by molar-refractivity contribution is 7.99. The summed E-state index contributed by atoms with van der Waals surface area (Å²) in [6.07, 6.45) is 2.57. The average Bonchev–Trinajstić information content (AvgIpc) is 3.15. The van der Waals surface area contributed by atoms with Crippen LogP contribution in [0.2, 0.25) is 0 Å².